The van der Waals surface area contributed by atoms with Crippen molar-refractivity contribution in [3.8, 4) is 0 Å². The largest absolute Gasteiger partial charge is 0.382 e. The van der Waals surface area contributed by atoms with Crippen LogP contribution in [0.2, 0.25) is 0 Å². The number of nitrogens with zero attached hydrogens (tertiary/aromatic N) is 2. The average molecular weight is 496 g/mol. The van der Waals surface area contributed by atoms with E-state index in [2.05, 4.69) is 5.32 Å². The fraction of sp³-hybridized carbons (Fsp3) is 0.385. The zero-order valence-corrected chi connectivity index (χ0v) is 20.3. The molecule has 0 spiro atoms. The molecule has 0 saturated carbocycles. The van der Waals surface area contributed by atoms with Crippen LogP contribution in [0.15, 0.2) is 48.5 Å². The van der Waals surface area contributed by atoms with Crippen LogP contribution in [0.1, 0.15) is 45.2 Å². The van der Waals surface area contributed by atoms with E-state index in [1.165, 1.54) is 4.90 Å². The molecular formula is C26H29N3O7. The number of rotatable bonds is 7. The molecule has 3 N–H and O–H groups in total. The molecule has 0 aromatic heterocycles. The summed E-state index contributed by atoms with van der Waals surface area (Å²) in [5.74, 6) is -1.45. The minimum absolute atomic E-state index is 0.144. The number of hydrogen-bond acceptors (Lipinski definition) is 7. The Hall–Kier alpha value is -3.60. The molecule has 0 radical (unpaired) electrons. The minimum atomic E-state index is -2.33. The van der Waals surface area contributed by atoms with E-state index < -0.39 is 54.1 Å². The maximum atomic E-state index is 13.7. The van der Waals surface area contributed by atoms with E-state index in [4.69, 9.17) is 4.74 Å². The number of imide groups is 1. The quantitative estimate of drug-likeness (QED) is 0.500. The maximum Gasteiger partial charge on any atom is 0.328 e. The number of aliphatic hydroxyl groups is 2. The average Bonchev–Trinajstić information content (AvgIpc) is 3.21. The van der Waals surface area contributed by atoms with Crippen LogP contribution < -0.4 is 5.32 Å². The van der Waals surface area contributed by atoms with Crippen LogP contribution in [0.3, 0.4) is 0 Å². The number of Topliss-reactive ketones (excluding diaryl/α,β-unsaturated/α-hetero) is 2. The Morgan fingerprint density at radius 3 is 2.22 bits per heavy atom. The van der Waals surface area contributed by atoms with Gasteiger partial charge in [-0.15, -0.1) is 0 Å². The van der Waals surface area contributed by atoms with Crippen molar-refractivity contribution < 1.29 is 34.1 Å². The molecule has 4 amide bonds. The highest BCUT2D eigenvalue weighted by atomic mass is 16.6. The lowest BCUT2D eigenvalue weighted by Gasteiger charge is -2.37. The van der Waals surface area contributed by atoms with Crippen LogP contribution in [0.25, 0.3) is 0 Å². The van der Waals surface area contributed by atoms with Gasteiger partial charge in [-0.1, -0.05) is 48.5 Å². The number of benzene rings is 2. The zero-order chi connectivity index (χ0) is 26.2. The summed E-state index contributed by atoms with van der Waals surface area (Å²) in [4.78, 5) is 54.1. The first-order chi connectivity index (χ1) is 17.1. The van der Waals surface area contributed by atoms with Gasteiger partial charge in [0.05, 0.1) is 0 Å². The van der Waals surface area contributed by atoms with Crippen LogP contribution in [0.4, 0.5) is 9.59 Å². The minimum Gasteiger partial charge on any atom is -0.382 e. The normalized spacial score (nSPS) is 25.0. The van der Waals surface area contributed by atoms with E-state index in [1.54, 1.807) is 69.3 Å². The second-order valence-corrected chi connectivity index (χ2v) is 9.11. The summed E-state index contributed by atoms with van der Waals surface area (Å²) in [6.07, 6.45) is -5.15. The van der Waals surface area contributed by atoms with Crippen molar-refractivity contribution in [3.63, 3.8) is 0 Å². The molecule has 4 rings (SSSR count). The Labute approximate surface area is 208 Å². The molecule has 0 aliphatic carbocycles. The molecule has 2 saturated heterocycles. The molecule has 2 aromatic carbocycles. The summed E-state index contributed by atoms with van der Waals surface area (Å²) in [5, 5.41) is 25.1. The number of aliphatic hydroxyl groups excluding tert-OH is 1. The third-order valence-electron chi connectivity index (χ3n) is 6.82. The summed E-state index contributed by atoms with van der Waals surface area (Å²) in [6, 6.07) is 11.9. The Morgan fingerprint density at radius 1 is 1.06 bits per heavy atom. The lowest BCUT2D eigenvalue weighted by Crippen LogP contribution is -2.61. The topological polar surface area (TPSA) is 136 Å². The summed E-state index contributed by atoms with van der Waals surface area (Å²) in [6.45, 7) is 5.30. The van der Waals surface area contributed by atoms with Gasteiger partial charge in [-0.25, -0.2) is 9.59 Å². The number of amides is 4. The summed E-state index contributed by atoms with van der Waals surface area (Å²) >= 11 is 0. The Bertz CT molecular complexity index is 1220. The number of nitrogens with one attached hydrogen (secondary N) is 1. The van der Waals surface area contributed by atoms with Gasteiger partial charge in [0.2, 0.25) is 0 Å². The molecule has 2 heterocycles. The molecule has 1 unspecified atom stereocenters. The SMILES string of the molecule is CCN1CN([C@H]2C[C@](O)(C(=O)c3ccccc3C)[C@@H](C(O)C(=O)c3ccccc3C)O2)C(=O)NC1=O. The first kappa shape index (κ1) is 25.5. The van der Waals surface area contributed by atoms with Gasteiger partial charge < -0.3 is 19.8 Å². The molecule has 0 bridgehead atoms. The van der Waals surface area contributed by atoms with Gasteiger partial charge in [0.1, 0.15) is 25.1 Å². The fourth-order valence-corrected chi connectivity index (χ4v) is 4.68. The van der Waals surface area contributed by atoms with Crippen molar-refractivity contribution in [2.45, 2.75) is 51.2 Å². The third-order valence-corrected chi connectivity index (χ3v) is 6.82. The highest BCUT2D eigenvalue weighted by molar-refractivity contribution is 6.06. The van der Waals surface area contributed by atoms with Gasteiger partial charge in [-0.3, -0.25) is 19.8 Å². The van der Waals surface area contributed by atoms with E-state index in [1.807, 2.05) is 0 Å². The smallest absolute Gasteiger partial charge is 0.328 e. The van der Waals surface area contributed by atoms with Gasteiger partial charge in [-0.2, -0.15) is 0 Å². The Balaban J connectivity index is 1.72. The summed E-state index contributed by atoms with van der Waals surface area (Å²) in [7, 11) is 0. The molecule has 10 nitrogen and oxygen atoms in total. The summed E-state index contributed by atoms with van der Waals surface area (Å²) in [5.41, 5.74) is -0.694. The van der Waals surface area contributed by atoms with E-state index in [-0.39, 0.29) is 17.8 Å². The van der Waals surface area contributed by atoms with Crippen LogP contribution in [-0.2, 0) is 4.74 Å². The van der Waals surface area contributed by atoms with Crippen molar-refractivity contribution in [3.05, 3.63) is 70.8 Å². The molecule has 2 aliphatic heterocycles. The predicted molar refractivity (Wildman–Crippen MR) is 128 cm³/mol. The molecule has 2 aliphatic rings. The van der Waals surface area contributed by atoms with Crippen LogP contribution >= 0.6 is 0 Å². The monoisotopic (exact) mass is 495 g/mol. The van der Waals surface area contributed by atoms with Crippen LogP contribution in [0, 0.1) is 13.8 Å². The van der Waals surface area contributed by atoms with E-state index in [0.717, 1.165) is 4.90 Å². The second kappa shape index (κ2) is 9.81. The van der Waals surface area contributed by atoms with Crippen molar-refractivity contribution in [1.82, 2.24) is 15.1 Å². The molecular weight excluding hydrogens is 466 g/mol. The van der Waals surface area contributed by atoms with Gasteiger partial charge in [-0.05, 0) is 31.9 Å². The number of carbonyl (C=O) groups is 4. The molecule has 2 aromatic rings. The van der Waals surface area contributed by atoms with Crippen molar-refractivity contribution in [2.24, 2.45) is 0 Å². The van der Waals surface area contributed by atoms with E-state index in [9.17, 15) is 29.4 Å². The lowest BCUT2D eigenvalue weighted by molar-refractivity contribution is -0.105. The number of carbonyl (C=O) groups excluding carboxylic acids is 4. The second-order valence-electron chi connectivity index (χ2n) is 9.11. The highest BCUT2D eigenvalue weighted by Gasteiger charge is 2.59. The first-order valence-electron chi connectivity index (χ1n) is 11.7. The molecule has 2 fully saturated rings. The number of hydrogen-bond donors (Lipinski definition) is 3. The first-order valence-corrected chi connectivity index (χ1v) is 11.7. The van der Waals surface area contributed by atoms with Crippen molar-refractivity contribution in [1.29, 1.82) is 0 Å². The standard InChI is InChI=1S/C26H29N3O7/c1-4-28-14-29(25(34)27-24(28)33)19-13-26(35,22(32)18-12-8-6-10-16(18)3)23(36-19)21(31)20(30)17-11-7-5-9-15(17)2/h5-12,19,21,23,31,35H,4,13-14H2,1-3H3,(H,27,33,34)/t19-,21?,23-,26+/m1/s1. The third kappa shape index (κ3) is 4.39. The molecule has 190 valence electrons. The number of ketones is 2. The van der Waals surface area contributed by atoms with Crippen molar-refractivity contribution in [2.75, 3.05) is 13.2 Å². The predicted octanol–water partition coefficient (Wildman–Crippen LogP) is 2.00. The molecule has 36 heavy (non-hydrogen) atoms. The highest BCUT2D eigenvalue weighted by Crippen LogP contribution is 2.39. The van der Waals surface area contributed by atoms with Gasteiger partial charge in [0.15, 0.2) is 17.2 Å². The molecule has 10 heteroatoms. The number of urea groups is 2. The Kier molecular flexibility index (Phi) is 6.94. The zero-order valence-electron chi connectivity index (χ0n) is 20.3. The summed E-state index contributed by atoms with van der Waals surface area (Å²) < 4.78 is 5.93. The number of aryl methyl sites for hydroxylation is 2. The van der Waals surface area contributed by atoms with Crippen LogP contribution in [0.5, 0.6) is 0 Å². The number of ether oxygens (including phenoxy) is 1. The maximum absolute atomic E-state index is 13.7. The van der Waals surface area contributed by atoms with Gasteiger partial charge in [0, 0.05) is 24.1 Å². The van der Waals surface area contributed by atoms with Crippen molar-refractivity contribution >= 4 is 23.6 Å². The fourth-order valence-electron chi connectivity index (χ4n) is 4.68. The van der Waals surface area contributed by atoms with Crippen LogP contribution in [-0.4, -0.2) is 80.9 Å². The van der Waals surface area contributed by atoms with E-state index >= 15 is 0 Å². The molecule has 4 atom stereocenters. The Morgan fingerprint density at radius 2 is 1.64 bits per heavy atom. The lowest BCUT2D eigenvalue weighted by atomic mass is 9.81. The van der Waals surface area contributed by atoms with Gasteiger partial charge >= 0.3 is 12.1 Å². The van der Waals surface area contributed by atoms with Gasteiger partial charge in [0.25, 0.3) is 0 Å². The van der Waals surface area contributed by atoms with E-state index in [0.29, 0.717) is 17.7 Å².